The van der Waals surface area contributed by atoms with Crippen LogP contribution in [0.25, 0.3) is 27.5 Å². The van der Waals surface area contributed by atoms with Crippen LogP contribution in [-0.2, 0) is 6.54 Å². The zero-order chi connectivity index (χ0) is 17.6. The number of nitrogens with two attached hydrogens (primary N) is 1. The lowest BCUT2D eigenvalue weighted by Crippen LogP contribution is -2.03. The van der Waals surface area contributed by atoms with Crippen LogP contribution >= 0.6 is 11.3 Å². The van der Waals surface area contributed by atoms with E-state index in [0.717, 1.165) is 27.6 Å². The predicted molar refractivity (Wildman–Crippen MR) is 106 cm³/mol. The van der Waals surface area contributed by atoms with Crippen LogP contribution in [0.15, 0.2) is 47.8 Å². The Labute approximate surface area is 151 Å². The van der Waals surface area contributed by atoms with Crippen LogP contribution < -0.4 is 5.73 Å². The second kappa shape index (κ2) is 6.14. The third-order valence-electron chi connectivity index (χ3n) is 4.78. The quantitative estimate of drug-likeness (QED) is 0.559. The molecule has 2 aromatic heterocycles. The van der Waals surface area contributed by atoms with Crippen molar-refractivity contribution >= 4 is 16.3 Å². The number of imidazole rings is 1. The molecule has 4 rings (SSSR count). The number of aryl methyl sites for hydroxylation is 3. The number of thiazole rings is 1. The van der Waals surface area contributed by atoms with Gasteiger partial charge in [0.05, 0.1) is 17.1 Å². The first-order chi connectivity index (χ1) is 12.1. The van der Waals surface area contributed by atoms with Crippen molar-refractivity contribution in [1.82, 2.24) is 9.38 Å². The summed E-state index contributed by atoms with van der Waals surface area (Å²) < 4.78 is 2.21. The van der Waals surface area contributed by atoms with E-state index in [9.17, 15) is 0 Å². The largest absolute Gasteiger partial charge is 0.325 e. The molecular formula is C21H21N3S. The van der Waals surface area contributed by atoms with Gasteiger partial charge in [-0.15, -0.1) is 11.3 Å². The molecular weight excluding hydrogens is 326 g/mol. The third kappa shape index (κ3) is 2.68. The van der Waals surface area contributed by atoms with Crippen LogP contribution in [0.3, 0.4) is 0 Å². The Morgan fingerprint density at radius 1 is 0.960 bits per heavy atom. The van der Waals surface area contributed by atoms with E-state index >= 15 is 0 Å². The van der Waals surface area contributed by atoms with Gasteiger partial charge in [0, 0.05) is 17.5 Å². The Bertz CT molecular complexity index is 1050. The van der Waals surface area contributed by atoms with E-state index < -0.39 is 0 Å². The van der Waals surface area contributed by atoms with Gasteiger partial charge in [0.15, 0.2) is 4.96 Å². The molecule has 126 valence electrons. The second-order valence-electron chi connectivity index (χ2n) is 6.52. The molecule has 0 bridgehead atoms. The molecule has 25 heavy (non-hydrogen) atoms. The minimum absolute atomic E-state index is 0.457. The van der Waals surface area contributed by atoms with E-state index in [2.05, 4.69) is 73.0 Å². The van der Waals surface area contributed by atoms with E-state index in [-0.39, 0.29) is 0 Å². The van der Waals surface area contributed by atoms with Crippen molar-refractivity contribution in [3.05, 3.63) is 70.2 Å². The van der Waals surface area contributed by atoms with Crippen molar-refractivity contribution < 1.29 is 0 Å². The maximum absolute atomic E-state index is 6.14. The van der Waals surface area contributed by atoms with E-state index in [1.54, 1.807) is 11.3 Å². The zero-order valence-corrected chi connectivity index (χ0v) is 15.5. The lowest BCUT2D eigenvalue weighted by Gasteiger charge is -2.07. The van der Waals surface area contributed by atoms with Gasteiger partial charge in [-0.2, -0.15) is 0 Å². The molecule has 0 radical (unpaired) electrons. The van der Waals surface area contributed by atoms with Crippen molar-refractivity contribution in [2.24, 2.45) is 5.73 Å². The van der Waals surface area contributed by atoms with Crippen LogP contribution in [0.1, 0.15) is 22.4 Å². The fourth-order valence-corrected chi connectivity index (χ4v) is 4.07. The molecule has 0 aliphatic carbocycles. The molecule has 4 aromatic rings. The number of rotatable bonds is 3. The lowest BCUT2D eigenvalue weighted by atomic mass is 10.0. The monoisotopic (exact) mass is 347 g/mol. The summed E-state index contributed by atoms with van der Waals surface area (Å²) in [6, 6.07) is 15.1. The van der Waals surface area contributed by atoms with E-state index in [1.807, 2.05) is 0 Å². The summed E-state index contributed by atoms with van der Waals surface area (Å²) in [6.45, 7) is 6.83. The van der Waals surface area contributed by atoms with Gasteiger partial charge in [-0.3, -0.25) is 4.40 Å². The van der Waals surface area contributed by atoms with Crippen LogP contribution in [0, 0.1) is 20.8 Å². The molecule has 0 atom stereocenters. The van der Waals surface area contributed by atoms with Gasteiger partial charge in [0.2, 0.25) is 0 Å². The molecule has 3 nitrogen and oxygen atoms in total. The SMILES string of the molecule is Cc1ccc(-c2csc3nc(-c4ccc(C)c(C)c4)c(CN)n23)cc1. The molecule has 0 amide bonds. The standard InChI is InChI=1S/C21H21N3S/c1-13-4-7-16(8-5-13)19-12-25-21-23-20(18(11-22)24(19)21)17-9-6-14(2)15(3)10-17/h4-10,12H,11,22H2,1-3H3. The number of benzene rings is 2. The highest BCUT2D eigenvalue weighted by Crippen LogP contribution is 2.33. The maximum atomic E-state index is 6.14. The highest BCUT2D eigenvalue weighted by Gasteiger charge is 2.18. The summed E-state index contributed by atoms with van der Waals surface area (Å²) in [5, 5.41) is 2.16. The number of nitrogens with zero attached hydrogens (tertiary/aromatic N) is 2. The molecule has 2 N–H and O–H groups in total. The summed E-state index contributed by atoms with van der Waals surface area (Å²) >= 11 is 1.66. The zero-order valence-electron chi connectivity index (χ0n) is 14.7. The van der Waals surface area contributed by atoms with Gasteiger partial charge < -0.3 is 5.73 Å². The maximum Gasteiger partial charge on any atom is 0.195 e. The summed E-state index contributed by atoms with van der Waals surface area (Å²) in [5.41, 5.74) is 15.5. The van der Waals surface area contributed by atoms with Crippen molar-refractivity contribution in [3.8, 4) is 22.5 Å². The van der Waals surface area contributed by atoms with Crippen LogP contribution in [0.2, 0.25) is 0 Å². The van der Waals surface area contributed by atoms with Gasteiger partial charge in [-0.25, -0.2) is 4.98 Å². The fourth-order valence-electron chi connectivity index (χ4n) is 3.15. The Morgan fingerprint density at radius 2 is 1.68 bits per heavy atom. The number of hydrogen-bond donors (Lipinski definition) is 1. The Hall–Kier alpha value is -2.43. The molecule has 2 aromatic carbocycles. The lowest BCUT2D eigenvalue weighted by molar-refractivity contribution is 0.973. The molecule has 4 heteroatoms. The minimum atomic E-state index is 0.457. The fraction of sp³-hybridized carbons (Fsp3) is 0.190. The summed E-state index contributed by atoms with van der Waals surface area (Å²) in [6.07, 6.45) is 0. The van der Waals surface area contributed by atoms with E-state index in [0.29, 0.717) is 6.54 Å². The number of hydrogen-bond acceptors (Lipinski definition) is 3. The number of fused-ring (bicyclic) bond motifs is 1. The summed E-state index contributed by atoms with van der Waals surface area (Å²) in [7, 11) is 0. The average Bonchev–Trinajstić information content (AvgIpc) is 3.17. The van der Waals surface area contributed by atoms with Crippen LogP contribution in [0.5, 0.6) is 0 Å². The molecule has 0 aliphatic rings. The Kier molecular flexibility index (Phi) is 3.94. The van der Waals surface area contributed by atoms with Gasteiger partial charge in [-0.1, -0.05) is 42.0 Å². The van der Waals surface area contributed by atoms with Crippen molar-refractivity contribution in [2.75, 3.05) is 0 Å². The summed E-state index contributed by atoms with van der Waals surface area (Å²) in [5.74, 6) is 0. The topological polar surface area (TPSA) is 43.3 Å². The number of aromatic nitrogens is 2. The van der Waals surface area contributed by atoms with Gasteiger partial charge in [0.1, 0.15) is 0 Å². The van der Waals surface area contributed by atoms with Crippen molar-refractivity contribution in [3.63, 3.8) is 0 Å². The first kappa shape index (κ1) is 16.1. The normalized spacial score (nSPS) is 11.4. The van der Waals surface area contributed by atoms with E-state index in [1.165, 1.54) is 22.3 Å². The minimum Gasteiger partial charge on any atom is -0.325 e. The van der Waals surface area contributed by atoms with Crippen molar-refractivity contribution in [1.29, 1.82) is 0 Å². The third-order valence-corrected chi connectivity index (χ3v) is 5.61. The molecule has 0 spiro atoms. The first-order valence-corrected chi connectivity index (χ1v) is 9.30. The Balaban J connectivity index is 1.93. The first-order valence-electron chi connectivity index (χ1n) is 8.42. The molecule has 2 heterocycles. The molecule has 0 saturated carbocycles. The van der Waals surface area contributed by atoms with E-state index in [4.69, 9.17) is 10.7 Å². The van der Waals surface area contributed by atoms with Crippen LogP contribution in [0.4, 0.5) is 0 Å². The average molecular weight is 347 g/mol. The van der Waals surface area contributed by atoms with Crippen molar-refractivity contribution in [2.45, 2.75) is 27.3 Å². The van der Waals surface area contributed by atoms with Crippen LogP contribution in [-0.4, -0.2) is 9.38 Å². The molecule has 0 saturated heterocycles. The molecule has 0 aliphatic heterocycles. The Morgan fingerprint density at radius 3 is 2.36 bits per heavy atom. The highest BCUT2D eigenvalue weighted by molar-refractivity contribution is 7.15. The van der Waals surface area contributed by atoms with Gasteiger partial charge in [0.25, 0.3) is 0 Å². The second-order valence-corrected chi connectivity index (χ2v) is 7.35. The highest BCUT2D eigenvalue weighted by atomic mass is 32.1. The summed E-state index contributed by atoms with van der Waals surface area (Å²) in [4.78, 5) is 5.88. The predicted octanol–water partition coefficient (Wildman–Crippen LogP) is 5.11. The smallest absolute Gasteiger partial charge is 0.195 e. The molecule has 0 unspecified atom stereocenters. The molecule has 0 fully saturated rings. The van der Waals surface area contributed by atoms with Gasteiger partial charge >= 0.3 is 0 Å². The van der Waals surface area contributed by atoms with Gasteiger partial charge in [-0.05, 0) is 43.5 Å².